The monoisotopic (exact) mass is 300 g/mol. The van der Waals surface area contributed by atoms with Crippen LogP contribution in [0.4, 0.5) is 8.78 Å². The van der Waals surface area contributed by atoms with Gasteiger partial charge in [0.05, 0.1) is 13.2 Å². The number of nitrogens with zero attached hydrogens (tertiary/aromatic N) is 2. The molecule has 0 spiro atoms. The standard InChI is InChI=1S/C13H11ClF2N2O2/c14-11-4-9-7(5-17-11)3-10(12(15)16)18-13(9)20-8-1-2-19-6-8/h3-5,8,12H,1-2,6H2/t8-/m1/s1. The number of pyridine rings is 2. The fourth-order valence-corrected chi connectivity index (χ4v) is 2.23. The third-order valence-electron chi connectivity index (χ3n) is 3.06. The maximum Gasteiger partial charge on any atom is 0.280 e. The molecule has 2 aromatic rings. The second-order valence-corrected chi connectivity index (χ2v) is 4.87. The minimum Gasteiger partial charge on any atom is -0.471 e. The average molecular weight is 301 g/mol. The molecule has 4 nitrogen and oxygen atoms in total. The number of fused-ring (bicyclic) bond motifs is 1. The number of hydrogen-bond donors (Lipinski definition) is 0. The zero-order valence-corrected chi connectivity index (χ0v) is 11.1. The Hall–Kier alpha value is -1.53. The molecule has 1 saturated heterocycles. The van der Waals surface area contributed by atoms with Gasteiger partial charge in [0.25, 0.3) is 6.43 Å². The number of ether oxygens (including phenoxy) is 2. The number of hydrogen-bond acceptors (Lipinski definition) is 4. The van der Waals surface area contributed by atoms with Crippen LogP contribution in [-0.2, 0) is 4.74 Å². The molecule has 7 heteroatoms. The van der Waals surface area contributed by atoms with Crippen LogP contribution in [0, 0.1) is 0 Å². The third-order valence-corrected chi connectivity index (χ3v) is 3.26. The lowest BCUT2D eigenvalue weighted by Crippen LogP contribution is -2.17. The van der Waals surface area contributed by atoms with Gasteiger partial charge < -0.3 is 9.47 Å². The molecule has 20 heavy (non-hydrogen) atoms. The molecule has 0 saturated carbocycles. The van der Waals surface area contributed by atoms with Crippen molar-refractivity contribution in [1.29, 1.82) is 0 Å². The highest BCUT2D eigenvalue weighted by Crippen LogP contribution is 2.31. The van der Waals surface area contributed by atoms with Gasteiger partial charge >= 0.3 is 0 Å². The van der Waals surface area contributed by atoms with Gasteiger partial charge in [0, 0.05) is 23.4 Å². The molecular formula is C13H11ClF2N2O2. The van der Waals surface area contributed by atoms with Crippen molar-refractivity contribution in [3.05, 3.63) is 29.2 Å². The fraction of sp³-hybridized carbons (Fsp3) is 0.385. The van der Waals surface area contributed by atoms with Crippen LogP contribution in [-0.4, -0.2) is 29.3 Å². The first kappa shape index (κ1) is 13.5. The molecule has 3 rings (SSSR count). The van der Waals surface area contributed by atoms with Crippen molar-refractivity contribution in [3.63, 3.8) is 0 Å². The second-order valence-electron chi connectivity index (χ2n) is 4.48. The van der Waals surface area contributed by atoms with E-state index in [1.165, 1.54) is 12.3 Å². The molecule has 1 atom stereocenters. The molecule has 0 radical (unpaired) electrons. The molecule has 2 aromatic heterocycles. The van der Waals surface area contributed by atoms with Gasteiger partial charge in [-0.3, -0.25) is 0 Å². The van der Waals surface area contributed by atoms with Gasteiger partial charge in [-0.2, -0.15) is 0 Å². The first-order valence-corrected chi connectivity index (χ1v) is 6.50. The summed E-state index contributed by atoms with van der Waals surface area (Å²) < 4.78 is 36.6. The topological polar surface area (TPSA) is 44.2 Å². The van der Waals surface area contributed by atoms with Gasteiger partial charge in [-0.25, -0.2) is 18.7 Å². The van der Waals surface area contributed by atoms with Crippen molar-refractivity contribution in [1.82, 2.24) is 9.97 Å². The van der Waals surface area contributed by atoms with Gasteiger partial charge in [0.2, 0.25) is 5.88 Å². The first-order chi connectivity index (χ1) is 9.63. The van der Waals surface area contributed by atoms with Gasteiger partial charge in [-0.1, -0.05) is 11.6 Å². The number of alkyl halides is 2. The minimum atomic E-state index is -2.67. The number of rotatable bonds is 3. The number of aromatic nitrogens is 2. The lowest BCUT2D eigenvalue weighted by Gasteiger charge is -2.14. The van der Waals surface area contributed by atoms with Crippen molar-refractivity contribution in [2.24, 2.45) is 0 Å². The summed E-state index contributed by atoms with van der Waals surface area (Å²) in [5.74, 6) is 0.151. The third kappa shape index (κ3) is 2.66. The molecule has 0 aromatic carbocycles. The molecule has 0 amide bonds. The van der Waals surface area contributed by atoms with Gasteiger partial charge in [0.15, 0.2) is 0 Å². The van der Waals surface area contributed by atoms with Crippen molar-refractivity contribution in [2.45, 2.75) is 19.0 Å². The van der Waals surface area contributed by atoms with Crippen LogP contribution in [0.3, 0.4) is 0 Å². The van der Waals surface area contributed by atoms with Crippen LogP contribution >= 0.6 is 11.6 Å². The van der Waals surface area contributed by atoms with E-state index < -0.39 is 6.43 Å². The Balaban J connectivity index is 2.07. The minimum absolute atomic E-state index is 0.151. The van der Waals surface area contributed by atoms with Crippen molar-refractivity contribution in [3.8, 4) is 5.88 Å². The van der Waals surface area contributed by atoms with Crippen LogP contribution < -0.4 is 4.74 Å². The van der Waals surface area contributed by atoms with Crippen LogP contribution in [0.2, 0.25) is 5.15 Å². The zero-order valence-electron chi connectivity index (χ0n) is 10.4. The Labute approximate surface area is 118 Å². The normalized spacial score (nSPS) is 18.9. The molecule has 0 N–H and O–H groups in total. The molecule has 106 valence electrons. The maximum absolute atomic E-state index is 12.9. The predicted octanol–water partition coefficient (Wildman–Crippen LogP) is 3.39. The first-order valence-electron chi connectivity index (χ1n) is 6.12. The molecule has 0 aliphatic carbocycles. The van der Waals surface area contributed by atoms with Crippen molar-refractivity contribution in [2.75, 3.05) is 13.2 Å². The SMILES string of the molecule is FC(F)c1cc2cnc(Cl)cc2c(O[C@@H]2CCOC2)n1. The van der Waals surface area contributed by atoms with E-state index in [0.29, 0.717) is 30.4 Å². The molecule has 0 unspecified atom stereocenters. The lowest BCUT2D eigenvalue weighted by molar-refractivity contribution is 0.132. The van der Waals surface area contributed by atoms with Crippen LogP contribution in [0.5, 0.6) is 5.88 Å². The lowest BCUT2D eigenvalue weighted by atomic mass is 10.2. The van der Waals surface area contributed by atoms with E-state index in [2.05, 4.69) is 9.97 Å². The van der Waals surface area contributed by atoms with Gasteiger partial charge in [-0.15, -0.1) is 0 Å². The highest BCUT2D eigenvalue weighted by atomic mass is 35.5. The summed E-state index contributed by atoms with van der Waals surface area (Å²) in [4.78, 5) is 7.78. The summed E-state index contributed by atoms with van der Waals surface area (Å²) in [5, 5.41) is 1.35. The second kappa shape index (κ2) is 5.46. The molecule has 0 bridgehead atoms. The molecular weight excluding hydrogens is 290 g/mol. The van der Waals surface area contributed by atoms with Crippen molar-refractivity contribution >= 4 is 22.4 Å². The van der Waals surface area contributed by atoms with Crippen LogP contribution in [0.25, 0.3) is 10.8 Å². The van der Waals surface area contributed by atoms with Crippen LogP contribution in [0.1, 0.15) is 18.5 Å². The average Bonchev–Trinajstić information content (AvgIpc) is 2.92. The summed E-state index contributed by atoms with van der Waals surface area (Å²) in [6.07, 6.45) is -0.702. The zero-order chi connectivity index (χ0) is 14.1. The summed E-state index contributed by atoms with van der Waals surface area (Å²) in [6.45, 7) is 1.03. The van der Waals surface area contributed by atoms with E-state index in [1.807, 2.05) is 0 Å². The maximum atomic E-state index is 12.9. The number of halogens is 3. The largest absolute Gasteiger partial charge is 0.471 e. The Morgan fingerprint density at radius 1 is 1.40 bits per heavy atom. The molecule has 3 heterocycles. The summed E-state index contributed by atoms with van der Waals surface area (Å²) in [7, 11) is 0. The van der Waals surface area contributed by atoms with E-state index in [-0.39, 0.29) is 22.8 Å². The van der Waals surface area contributed by atoms with Gasteiger partial charge in [-0.05, 0) is 12.1 Å². The van der Waals surface area contributed by atoms with E-state index in [0.717, 1.165) is 0 Å². The van der Waals surface area contributed by atoms with Crippen molar-refractivity contribution < 1.29 is 18.3 Å². The van der Waals surface area contributed by atoms with E-state index in [9.17, 15) is 8.78 Å². The van der Waals surface area contributed by atoms with E-state index >= 15 is 0 Å². The summed E-state index contributed by atoms with van der Waals surface area (Å²) in [6, 6.07) is 2.85. The smallest absolute Gasteiger partial charge is 0.280 e. The Morgan fingerprint density at radius 2 is 2.25 bits per heavy atom. The predicted molar refractivity (Wildman–Crippen MR) is 69.4 cm³/mol. The summed E-state index contributed by atoms with van der Waals surface area (Å²) >= 11 is 5.84. The highest BCUT2D eigenvalue weighted by molar-refractivity contribution is 6.30. The molecule has 1 fully saturated rings. The Morgan fingerprint density at radius 3 is 2.95 bits per heavy atom. The van der Waals surface area contributed by atoms with Gasteiger partial charge in [0.1, 0.15) is 17.0 Å². The summed E-state index contributed by atoms with van der Waals surface area (Å²) in [5.41, 5.74) is -0.337. The highest BCUT2D eigenvalue weighted by Gasteiger charge is 2.21. The van der Waals surface area contributed by atoms with E-state index in [4.69, 9.17) is 21.1 Å². The van der Waals surface area contributed by atoms with E-state index in [1.54, 1.807) is 6.07 Å². The Bertz CT molecular complexity index is 633. The molecule has 1 aliphatic rings. The fourth-order valence-electron chi connectivity index (χ4n) is 2.08. The quantitative estimate of drug-likeness (QED) is 0.815. The Kier molecular flexibility index (Phi) is 3.67. The molecule has 1 aliphatic heterocycles. The van der Waals surface area contributed by atoms with Crippen LogP contribution in [0.15, 0.2) is 18.3 Å².